The molecule has 12 heteroatoms. The maximum Gasteiger partial charge on any atom is 0.416 e. The molecule has 1 amide bonds. The molecule has 1 heterocycles. The summed E-state index contributed by atoms with van der Waals surface area (Å²) in [7, 11) is 0. The van der Waals surface area contributed by atoms with E-state index in [9.17, 15) is 32.9 Å². The van der Waals surface area contributed by atoms with Crippen molar-refractivity contribution in [3.8, 4) is 5.69 Å². The van der Waals surface area contributed by atoms with Crippen molar-refractivity contribution in [2.24, 2.45) is 0 Å². The van der Waals surface area contributed by atoms with Crippen LogP contribution >= 0.6 is 11.6 Å². The zero-order valence-electron chi connectivity index (χ0n) is 13.0. The van der Waals surface area contributed by atoms with Crippen molar-refractivity contribution < 1.29 is 27.7 Å². The number of nitro groups is 1. The number of carbonyl (C=O) groups excluding carboxylic acids is 2. The van der Waals surface area contributed by atoms with Gasteiger partial charge >= 0.3 is 11.9 Å². The second kappa shape index (κ2) is 7.12. The van der Waals surface area contributed by atoms with Gasteiger partial charge in [-0.05, 0) is 25.1 Å². The lowest BCUT2D eigenvalue weighted by molar-refractivity contribution is -0.384. The molecule has 0 fully saturated rings. The Balaban J connectivity index is 2.51. The van der Waals surface area contributed by atoms with Crippen LogP contribution in [0.3, 0.4) is 0 Å². The first kappa shape index (κ1) is 19.4. The smallest absolute Gasteiger partial charge is 0.304 e. The summed E-state index contributed by atoms with van der Waals surface area (Å²) in [5.41, 5.74) is -1.75. The Morgan fingerprint density at radius 3 is 2.54 bits per heavy atom. The Kier molecular flexibility index (Phi) is 5.30. The standard InChI is InChI=1S/C14H10ClF3N4O4/c1-7(23)4-12(24)20-13-11(22(25)26)6-19-21(13)10-3-2-8(5-9(10)15)14(16,17)18/h2-3,5-6H,4H2,1H3,(H,20,24). The predicted molar refractivity (Wildman–Crippen MR) is 84.2 cm³/mol. The summed E-state index contributed by atoms with van der Waals surface area (Å²) in [6.07, 6.45) is -4.36. The monoisotopic (exact) mass is 390 g/mol. The van der Waals surface area contributed by atoms with Crippen molar-refractivity contribution in [2.75, 3.05) is 5.32 Å². The topological polar surface area (TPSA) is 107 Å². The highest BCUT2D eigenvalue weighted by atomic mass is 35.5. The van der Waals surface area contributed by atoms with Gasteiger partial charge in [-0.3, -0.25) is 19.7 Å². The van der Waals surface area contributed by atoms with Gasteiger partial charge in [0.15, 0.2) is 0 Å². The van der Waals surface area contributed by atoms with Gasteiger partial charge in [-0.1, -0.05) is 11.6 Å². The molecule has 0 bridgehead atoms. The molecular formula is C14H10ClF3N4O4. The van der Waals surface area contributed by atoms with Crippen molar-refractivity contribution in [3.63, 3.8) is 0 Å². The fourth-order valence-corrected chi connectivity index (χ4v) is 2.29. The lowest BCUT2D eigenvalue weighted by atomic mass is 10.2. The van der Waals surface area contributed by atoms with Crippen LogP contribution in [0.25, 0.3) is 5.69 Å². The van der Waals surface area contributed by atoms with Gasteiger partial charge in [-0.2, -0.15) is 18.3 Å². The zero-order valence-corrected chi connectivity index (χ0v) is 13.8. The number of hydrogen-bond donors (Lipinski definition) is 1. The van der Waals surface area contributed by atoms with E-state index in [1.165, 1.54) is 0 Å². The number of hydrogen-bond acceptors (Lipinski definition) is 5. The van der Waals surface area contributed by atoms with Crippen LogP contribution in [0.4, 0.5) is 24.7 Å². The first-order chi connectivity index (χ1) is 12.0. The summed E-state index contributed by atoms with van der Waals surface area (Å²) in [5, 5.41) is 16.6. The van der Waals surface area contributed by atoms with Gasteiger partial charge in [0.2, 0.25) is 11.7 Å². The number of alkyl halides is 3. The van der Waals surface area contributed by atoms with Crippen LogP contribution < -0.4 is 5.32 Å². The molecule has 0 aliphatic carbocycles. The van der Waals surface area contributed by atoms with Crippen LogP contribution in [0, 0.1) is 10.1 Å². The second-order valence-electron chi connectivity index (χ2n) is 5.14. The summed E-state index contributed by atoms with van der Waals surface area (Å²) >= 11 is 5.85. The molecule has 0 spiro atoms. The van der Waals surface area contributed by atoms with Crippen LogP contribution in [-0.2, 0) is 15.8 Å². The average Bonchev–Trinajstić information content (AvgIpc) is 2.88. The number of rotatable bonds is 5. The van der Waals surface area contributed by atoms with Crippen LogP contribution in [-0.4, -0.2) is 26.4 Å². The maximum absolute atomic E-state index is 12.7. The zero-order chi connectivity index (χ0) is 19.6. The van der Waals surface area contributed by atoms with Crippen molar-refractivity contribution in [2.45, 2.75) is 19.5 Å². The maximum atomic E-state index is 12.7. The van der Waals surface area contributed by atoms with E-state index in [0.717, 1.165) is 29.9 Å². The lowest BCUT2D eigenvalue weighted by Gasteiger charge is -2.12. The summed E-state index contributed by atoms with van der Waals surface area (Å²) in [5.74, 6) is -1.75. The minimum Gasteiger partial charge on any atom is -0.304 e. The summed E-state index contributed by atoms with van der Waals surface area (Å²) in [6.45, 7) is 1.15. The number of carbonyl (C=O) groups is 2. The molecule has 0 radical (unpaired) electrons. The largest absolute Gasteiger partial charge is 0.416 e. The highest BCUT2D eigenvalue weighted by molar-refractivity contribution is 6.32. The minimum atomic E-state index is -4.63. The summed E-state index contributed by atoms with van der Waals surface area (Å²) < 4.78 is 39.0. The van der Waals surface area contributed by atoms with E-state index in [2.05, 4.69) is 10.4 Å². The van der Waals surface area contributed by atoms with Gasteiger partial charge in [0.1, 0.15) is 12.0 Å². The van der Waals surface area contributed by atoms with Gasteiger partial charge < -0.3 is 5.32 Å². The van der Waals surface area contributed by atoms with Gasteiger partial charge in [-0.15, -0.1) is 0 Å². The van der Waals surface area contributed by atoms with Crippen molar-refractivity contribution in [1.29, 1.82) is 0 Å². The van der Waals surface area contributed by atoms with E-state index in [-0.39, 0.29) is 10.7 Å². The highest BCUT2D eigenvalue weighted by Crippen LogP contribution is 2.35. The van der Waals surface area contributed by atoms with E-state index in [4.69, 9.17) is 11.6 Å². The SMILES string of the molecule is CC(=O)CC(=O)Nc1c([N+](=O)[O-])cnn1-c1ccc(C(F)(F)F)cc1Cl. The number of aromatic nitrogens is 2. The molecule has 8 nitrogen and oxygen atoms in total. The molecule has 1 aromatic carbocycles. The van der Waals surface area contributed by atoms with Crippen molar-refractivity contribution in [3.05, 3.63) is 45.1 Å². The number of nitrogens with one attached hydrogen (secondary N) is 1. The molecule has 1 N–H and O–H groups in total. The third-order valence-corrected chi connectivity index (χ3v) is 3.42. The molecule has 0 atom stereocenters. The molecule has 0 aliphatic heterocycles. The van der Waals surface area contributed by atoms with Crippen molar-refractivity contribution in [1.82, 2.24) is 9.78 Å². The Hall–Kier alpha value is -2.95. The molecule has 0 saturated carbocycles. The number of anilines is 1. The number of nitrogens with zero attached hydrogens (tertiary/aromatic N) is 3. The molecule has 26 heavy (non-hydrogen) atoms. The quantitative estimate of drug-likeness (QED) is 0.478. The average molecular weight is 391 g/mol. The molecular weight excluding hydrogens is 381 g/mol. The van der Waals surface area contributed by atoms with Gasteiger partial charge in [0.25, 0.3) is 0 Å². The second-order valence-corrected chi connectivity index (χ2v) is 5.55. The first-order valence-electron chi connectivity index (χ1n) is 6.89. The molecule has 1 aromatic heterocycles. The molecule has 0 unspecified atom stereocenters. The number of benzene rings is 1. The van der Waals surface area contributed by atoms with Crippen LogP contribution in [0.5, 0.6) is 0 Å². The van der Waals surface area contributed by atoms with Gasteiger partial charge in [0.05, 0.1) is 27.6 Å². The van der Waals surface area contributed by atoms with Gasteiger partial charge in [-0.25, -0.2) is 4.68 Å². The summed E-state index contributed by atoms with van der Waals surface area (Å²) in [6, 6.07) is 2.31. The Morgan fingerprint density at radius 2 is 2.04 bits per heavy atom. The lowest BCUT2D eigenvalue weighted by Crippen LogP contribution is -2.18. The number of amides is 1. The Bertz CT molecular complexity index is 895. The van der Waals surface area contributed by atoms with Crippen LogP contribution in [0.2, 0.25) is 5.02 Å². The minimum absolute atomic E-state index is 0.120. The Labute approximate surface area is 148 Å². The Morgan fingerprint density at radius 1 is 1.38 bits per heavy atom. The highest BCUT2D eigenvalue weighted by Gasteiger charge is 2.32. The number of ketones is 1. The molecule has 0 saturated heterocycles. The molecule has 0 aliphatic rings. The van der Waals surface area contributed by atoms with E-state index in [1.807, 2.05) is 0 Å². The molecule has 2 aromatic rings. The number of halogens is 4. The van der Waals surface area contributed by atoms with Gasteiger partial charge in [0, 0.05) is 0 Å². The third-order valence-electron chi connectivity index (χ3n) is 3.12. The van der Waals surface area contributed by atoms with Crippen LogP contribution in [0.15, 0.2) is 24.4 Å². The van der Waals surface area contributed by atoms with Crippen LogP contribution in [0.1, 0.15) is 18.9 Å². The molecule has 138 valence electrons. The van der Waals surface area contributed by atoms with E-state index in [0.29, 0.717) is 6.07 Å². The molecule has 2 rings (SSSR count). The fourth-order valence-electron chi connectivity index (χ4n) is 2.03. The normalized spacial score (nSPS) is 11.3. The van der Waals surface area contributed by atoms with Crippen molar-refractivity contribution >= 4 is 34.8 Å². The van der Waals surface area contributed by atoms with E-state index >= 15 is 0 Å². The summed E-state index contributed by atoms with van der Waals surface area (Å²) in [4.78, 5) is 33.0. The first-order valence-corrected chi connectivity index (χ1v) is 7.27. The third kappa shape index (κ3) is 4.17. The predicted octanol–water partition coefficient (Wildman–Crippen LogP) is 3.37. The van der Waals surface area contributed by atoms with E-state index < -0.39 is 46.3 Å². The van der Waals surface area contributed by atoms with E-state index in [1.54, 1.807) is 0 Å². The number of Topliss-reactive ketones (excluding diaryl/α,β-unsaturated/α-hetero) is 1. The fraction of sp³-hybridized carbons (Fsp3) is 0.214.